The van der Waals surface area contributed by atoms with Gasteiger partial charge in [0.25, 0.3) is 0 Å². The minimum absolute atomic E-state index is 0.494. The maximum Gasteiger partial charge on any atom is 0.112 e. The lowest BCUT2D eigenvalue weighted by Crippen LogP contribution is -2.06. The van der Waals surface area contributed by atoms with Crippen LogP contribution in [0.4, 0.5) is 0 Å². The van der Waals surface area contributed by atoms with E-state index in [2.05, 4.69) is 15.9 Å². The first kappa shape index (κ1) is 10.2. The summed E-state index contributed by atoms with van der Waals surface area (Å²) >= 11 is 4.94. The fourth-order valence-electron chi connectivity index (χ4n) is 1.44. The highest BCUT2D eigenvalue weighted by Crippen LogP contribution is 2.33. The molecule has 1 unspecified atom stereocenters. The van der Waals surface area contributed by atoms with Crippen LogP contribution in [0.1, 0.15) is 23.8 Å². The summed E-state index contributed by atoms with van der Waals surface area (Å²) in [5.41, 5.74) is 0.977. The van der Waals surface area contributed by atoms with Gasteiger partial charge in [0.05, 0.1) is 16.7 Å². The van der Waals surface area contributed by atoms with Gasteiger partial charge in [-0.15, -0.1) is 11.3 Å². The predicted molar refractivity (Wildman–Crippen MR) is 60.2 cm³/mol. The van der Waals surface area contributed by atoms with Crippen molar-refractivity contribution in [2.75, 3.05) is 6.61 Å². The molecule has 0 radical (unpaired) electrons. The Kier molecular flexibility index (Phi) is 3.26. The molecule has 0 bridgehead atoms. The van der Waals surface area contributed by atoms with Crippen molar-refractivity contribution in [3.63, 3.8) is 0 Å². The van der Waals surface area contributed by atoms with Crippen molar-refractivity contribution in [2.45, 2.75) is 18.9 Å². The van der Waals surface area contributed by atoms with E-state index in [0.717, 1.165) is 33.7 Å². The average molecular weight is 275 g/mol. The molecule has 1 aliphatic heterocycles. The third-order valence-electron chi connectivity index (χ3n) is 2.18. The van der Waals surface area contributed by atoms with Crippen LogP contribution in [0.5, 0.6) is 0 Å². The summed E-state index contributed by atoms with van der Waals surface area (Å²) in [6, 6.07) is 3.89. The molecule has 1 atom stereocenters. The third-order valence-corrected chi connectivity index (χ3v) is 3.85. The fourth-order valence-corrected chi connectivity index (χ4v) is 2.90. The van der Waals surface area contributed by atoms with Gasteiger partial charge in [0, 0.05) is 4.88 Å². The Morgan fingerprint density at radius 2 is 2.36 bits per heavy atom. The topological polar surface area (TPSA) is 29.5 Å². The number of hydrogen-bond acceptors (Lipinski definition) is 3. The lowest BCUT2D eigenvalue weighted by molar-refractivity contribution is 0.172. The van der Waals surface area contributed by atoms with E-state index in [-0.39, 0.29) is 0 Å². The normalized spacial score (nSPS) is 18.6. The van der Waals surface area contributed by atoms with Gasteiger partial charge in [-0.25, -0.2) is 0 Å². The van der Waals surface area contributed by atoms with Crippen molar-refractivity contribution >= 4 is 27.3 Å². The van der Waals surface area contributed by atoms with Gasteiger partial charge in [0.2, 0.25) is 0 Å². The summed E-state index contributed by atoms with van der Waals surface area (Å²) in [4.78, 5) is 0.966. The predicted octanol–water partition coefficient (Wildman–Crippen LogP) is 3.24. The molecule has 1 N–H and O–H groups in total. The standard InChI is InChI=1S/C10H11BrO2S/c11-9-4-3-8(14-9)10(12)7-2-1-5-13-6-7/h3-4,6,10,12H,1-2,5H2. The SMILES string of the molecule is OC(C1=COCCC1)c1ccc(Br)s1. The van der Waals surface area contributed by atoms with Crippen molar-refractivity contribution in [1.82, 2.24) is 0 Å². The molecule has 0 saturated carbocycles. The molecule has 0 amide bonds. The highest BCUT2D eigenvalue weighted by Gasteiger charge is 2.17. The summed E-state index contributed by atoms with van der Waals surface area (Å²) in [5, 5.41) is 10.00. The lowest BCUT2D eigenvalue weighted by Gasteiger charge is -2.17. The largest absolute Gasteiger partial charge is 0.501 e. The summed E-state index contributed by atoms with van der Waals surface area (Å²) in [7, 11) is 0. The van der Waals surface area contributed by atoms with Crippen LogP contribution in [0.15, 0.2) is 27.8 Å². The zero-order chi connectivity index (χ0) is 9.97. The van der Waals surface area contributed by atoms with Gasteiger partial charge in [0.15, 0.2) is 0 Å². The quantitative estimate of drug-likeness (QED) is 0.897. The molecule has 4 heteroatoms. The van der Waals surface area contributed by atoms with Crippen molar-refractivity contribution in [2.24, 2.45) is 0 Å². The molecule has 2 nitrogen and oxygen atoms in total. The molecule has 2 rings (SSSR count). The number of hydrogen-bond donors (Lipinski definition) is 1. The third kappa shape index (κ3) is 2.19. The number of thiophene rings is 1. The van der Waals surface area contributed by atoms with E-state index in [1.807, 2.05) is 12.1 Å². The summed E-state index contributed by atoms with van der Waals surface area (Å²) in [5.74, 6) is 0. The molecule has 0 aromatic carbocycles. The maximum atomic E-state index is 10.00. The molecular weight excluding hydrogens is 264 g/mol. The van der Waals surface area contributed by atoms with Crippen LogP contribution in [0.2, 0.25) is 0 Å². The molecule has 1 aromatic heterocycles. The molecule has 0 fully saturated rings. The highest BCUT2D eigenvalue weighted by molar-refractivity contribution is 9.11. The molecular formula is C10H11BrO2S. The van der Waals surface area contributed by atoms with E-state index in [0.29, 0.717) is 0 Å². The van der Waals surface area contributed by atoms with Crippen molar-refractivity contribution < 1.29 is 9.84 Å². The number of ether oxygens (including phenoxy) is 1. The zero-order valence-electron chi connectivity index (χ0n) is 7.57. The number of halogens is 1. The van der Waals surface area contributed by atoms with Crippen LogP contribution in [0.3, 0.4) is 0 Å². The monoisotopic (exact) mass is 274 g/mol. The molecule has 0 saturated heterocycles. The van der Waals surface area contributed by atoms with Gasteiger partial charge >= 0.3 is 0 Å². The van der Waals surface area contributed by atoms with Crippen LogP contribution in [-0.4, -0.2) is 11.7 Å². The summed E-state index contributed by atoms with van der Waals surface area (Å²) in [6.07, 6.45) is 3.13. The first-order valence-corrected chi connectivity index (χ1v) is 6.12. The van der Waals surface area contributed by atoms with E-state index in [1.54, 1.807) is 17.6 Å². The Bertz CT molecular complexity index is 346. The Morgan fingerprint density at radius 3 is 2.93 bits per heavy atom. The Hall–Kier alpha value is -0.320. The van der Waals surface area contributed by atoms with E-state index < -0.39 is 6.10 Å². The first-order chi connectivity index (χ1) is 6.77. The van der Waals surface area contributed by atoms with Gasteiger partial charge in [-0.05, 0) is 46.5 Å². The van der Waals surface area contributed by atoms with Crippen molar-refractivity contribution in [1.29, 1.82) is 0 Å². The van der Waals surface area contributed by atoms with Crippen LogP contribution in [-0.2, 0) is 4.74 Å². The van der Waals surface area contributed by atoms with Crippen LogP contribution < -0.4 is 0 Å². The van der Waals surface area contributed by atoms with E-state index in [4.69, 9.17) is 4.74 Å². The smallest absolute Gasteiger partial charge is 0.112 e. The van der Waals surface area contributed by atoms with Crippen LogP contribution >= 0.6 is 27.3 Å². The zero-order valence-corrected chi connectivity index (χ0v) is 9.97. The number of aliphatic hydroxyl groups excluding tert-OH is 1. The van der Waals surface area contributed by atoms with Gasteiger partial charge in [-0.3, -0.25) is 0 Å². The molecule has 76 valence electrons. The highest BCUT2D eigenvalue weighted by atomic mass is 79.9. The maximum absolute atomic E-state index is 10.00. The Labute approximate surface area is 95.3 Å². The second-order valence-electron chi connectivity index (χ2n) is 3.21. The van der Waals surface area contributed by atoms with Gasteiger partial charge in [-0.2, -0.15) is 0 Å². The Morgan fingerprint density at radius 1 is 1.50 bits per heavy atom. The summed E-state index contributed by atoms with van der Waals surface area (Å²) in [6.45, 7) is 0.768. The lowest BCUT2D eigenvalue weighted by atomic mass is 10.0. The first-order valence-electron chi connectivity index (χ1n) is 4.51. The second kappa shape index (κ2) is 4.47. The molecule has 0 aliphatic carbocycles. The van der Waals surface area contributed by atoms with E-state index >= 15 is 0 Å². The fraction of sp³-hybridized carbons (Fsp3) is 0.400. The van der Waals surface area contributed by atoms with Crippen molar-refractivity contribution in [3.05, 3.63) is 32.6 Å². The van der Waals surface area contributed by atoms with Crippen LogP contribution in [0.25, 0.3) is 0 Å². The molecule has 1 aliphatic rings. The molecule has 0 spiro atoms. The molecule has 1 aromatic rings. The summed E-state index contributed by atoms with van der Waals surface area (Å²) < 4.78 is 6.25. The molecule has 2 heterocycles. The Balaban J connectivity index is 2.14. The number of aliphatic hydroxyl groups is 1. The minimum atomic E-state index is -0.494. The van der Waals surface area contributed by atoms with Crippen molar-refractivity contribution in [3.8, 4) is 0 Å². The van der Waals surface area contributed by atoms with E-state index in [9.17, 15) is 5.11 Å². The van der Waals surface area contributed by atoms with E-state index in [1.165, 1.54) is 0 Å². The second-order valence-corrected chi connectivity index (χ2v) is 5.71. The minimum Gasteiger partial charge on any atom is -0.501 e. The van der Waals surface area contributed by atoms with Crippen LogP contribution in [0, 0.1) is 0 Å². The average Bonchev–Trinajstić information content (AvgIpc) is 2.65. The van der Waals surface area contributed by atoms with Gasteiger partial charge < -0.3 is 9.84 Å². The molecule has 14 heavy (non-hydrogen) atoms. The van der Waals surface area contributed by atoms with Gasteiger partial charge in [-0.1, -0.05) is 0 Å². The number of rotatable bonds is 2. The van der Waals surface area contributed by atoms with Gasteiger partial charge in [0.1, 0.15) is 6.10 Å².